The van der Waals surface area contributed by atoms with Gasteiger partial charge in [-0.05, 0) is 12.1 Å². The van der Waals surface area contributed by atoms with E-state index in [1.165, 1.54) is 42.0 Å². The highest BCUT2D eigenvalue weighted by atomic mass is 32.2. The van der Waals surface area contributed by atoms with Crippen molar-refractivity contribution in [1.82, 2.24) is 15.2 Å². The first-order valence-corrected chi connectivity index (χ1v) is 7.75. The molecular weight excluding hydrogens is 298 g/mol. The highest BCUT2D eigenvalue weighted by Crippen LogP contribution is 2.39. The summed E-state index contributed by atoms with van der Waals surface area (Å²) in [5.41, 5.74) is 0.411. The molecule has 8 heteroatoms. The Bertz CT molecular complexity index is 622. The van der Waals surface area contributed by atoms with Crippen LogP contribution in [0.5, 0.6) is 0 Å². The van der Waals surface area contributed by atoms with Crippen molar-refractivity contribution in [2.75, 3.05) is 11.5 Å². The van der Waals surface area contributed by atoms with Crippen LogP contribution in [0, 0.1) is 0 Å². The molecule has 0 aliphatic carbocycles. The van der Waals surface area contributed by atoms with Crippen molar-refractivity contribution >= 4 is 41.4 Å². The molecule has 0 spiro atoms. The summed E-state index contributed by atoms with van der Waals surface area (Å²) in [4.78, 5) is 40.7. The number of aromatic nitrogens is 1. The van der Waals surface area contributed by atoms with E-state index in [1.54, 1.807) is 6.07 Å². The minimum atomic E-state index is -0.709. The van der Waals surface area contributed by atoms with Gasteiger partial charge in [-0.3, -0.25) is 14.6 Å². The van der Waals surface area contributed by atoms with Crippen LogP contribution < -0.4 is 5.32 Å². The lowest BCUT2D eigenvalue weighted by atomic mass is 10.2. The number of hydrogen-bond donors (Lipinski definition) is 1. The molecule has 2 aliphatic heterocycles. The Balaban J connectivity index is 1.91. The topological polar surface area (TPSA) is 79.4 Å². The lowest BCUT2D eigenvalue weighted by Gasteiger charge is -2.09. The van der Waals surface area contributed by atoms with Gasteiger partial charge >= 0.3 is 6.03 Å². The summed E-state index contributed by atoms with van der Waals surface area (Å²) >= 11 is 3.02. The molecule has 0 unspecified atom stereocenters. The van der Waals surface area contributed by atoms with E-state index in [4.69, 9.17) is 0 Å². The first-order valence-electron chi connectivity index (χ1n) is 5.78. The zero-order valence-electron chi connectivity index (χ0n) is 10.2. The summed E-state index contributed by atoms with van der Waals surface area (Å²) in [5, 5.41) is 2.48. The molecule has 102 valence electrons. The SMILES string of the molecule is O=C1NC(=C2SCCS2)C(=O)N1C(=O)c1cccnc1. The second kappa shape index (κ2) is 5.29. The molecule has 1 N–H and O–H groups in total. The van der Waals surface area contributed by atoms with E-state index in [0.29, 0.717) is 4.90 Å². The molecule has 3 heterocycles. The minimum absolute atomic E-state index is 0.203. The Morgan fingerprint density at radius 3 is 2.70 bits per heavy atom. The summed E-state index contributed by atoms with van der Waals surface area (Å²) in [6, 6.07) is 2.38. The van der Waals surface area contributed by atoms with Crippen molar-refractivity contribution in [3.8, 4) is 0 Å². The average molecular weight is 307 g/mol. The summed E-state index contributed by atoms with van der Waals surface area (Å²) in [6.45, 7) is 0. The third-order valence-electron chi connectivity index (χ3n) is 2.72. The molecule has 6 nitrogen and oxygen atoms in total. The Hall–Kier alpha value is -1.80. The van der Waals surface area contributed by atoms with Crippen LogP contribution >= 0.6 is 23.5 Å². The normalized spacial score (nSPS) is 18.7. The summed E-state index contributed by atoms with van der Waals surface area (Å²) in [5.74, 6) is 0.525. The average Bonchev–Trinajstić information content (AvgIpc) is 3.07. The van der Waals surface area contributed by atoms with E-state index in [9.17, 15) is 14.4 Å². The third-order valence-corrected chi connectivity index (χ3v) is 5.43. The number of nitrogens with one attached hydrogen (secondary N) is 1. The molecule has 0 radical (unpaired) electrons. The number of pyridine rings is 1. The largest absolute Gasteiger partial charge is 0.336 e. The van der Waals surface area contributed by atoms with Crippen molar-refractivity contribution < 1.29 is 14.4 Å². The maximum absolute atomic E-state index is 12.2. The molecule has 0 bridgehead atoms. The van der Waals surface area contributed by atoms with Gasteiger partial charge in [-0.1, -0.05) is 0 Å². The molecule has 2 saturated heterocycles. The predicted molar refractivity (Wildman–Crippen MR) is 75.9 cm³/mol. The number of hydrogen-bond acceptors (Lipinski definition) is 6. The summed E-state index contributed by atoms with van der Waals surface area (Å²) < 4.78 is 0.768. The Morgan fingerprint density at radius 2 is 2.05 bits per heavy atom. The van der Waals surface area contributed by atoms with Crippen LogP contribution in [0.3, 0.4) is 0 Å². The summed E-state index contributed by atoms with van der Waals surface area (Å²) in [6.07, 6.45) is 2.84. The van der Waals surface area contributed by atoms with Gasteiger partial charge in [0, 0.05) is 23.9 Å². The Kier molecular flexibility index (Phi) is 3.49. The number of carbonyl (C=O) groups is 3. The van der Waals surface area contributed by atoms with E-state index in [1.807, 2.05) is 0 Å². The van der Waals surface area contributed by atoms with E-state index in [2.05, 4.69) is 10.3 Å². The molecule has 4 amide bonds. The lowest BCUT2D eigenvalue weighted by molar-refractivity contribution is -0.121. The number of carbonyl (C=O) groups excluding carboxylic acids is 3. The molecular formula is C12H9N3O3S2. The number of nitrogens with zero attached hydrogens (tertiary/aromatic N) is 2. The van der Waals surface area contributed by atoms with Crippen LogP contribution in [-0.4, -0.2) is 39.2 Å². The van der Waals surface area contributed by atoms with Crippen LogP contribution in [0.1, 0.15) is 10.4 Å². The zero-order chi connectivity index (χ0) is 14.1. The van der Waals surface area contributed by atoms with Crippen LogP contribution in [-0.2, 0) is 4.79 Å². The van der Waals surface area contributed by atoms with E-state index in [0.717, 1.165) is 15.7 Å². The molecule has 20 heavy (non-hydrogen) atoms. The second-order valence-corrected chi connectivity index (χ2v) is 6.45. The Labute approximate surface area is 123 Å². The van der Waals surface area contributed by atoms with Gasteiger partial charge in [0.2, 0.25) is 0 Å². The van der Waals surface area contributed by atoms with Crippen molar-refractivity contribution in [2.45, 2.75) is 0 Å². The first kappa shape index (κ1) is 13.2. The minimum Gasteiger partial charge on any atom is -0.301 e. The number of amides is 4. The zero-order valence-corrected chi connectivity index (χ0v) is 11.8. The molecule has 2 aliphatic rings. The lowest BCUT2D eigenvalue weighted by Crippen LogP contribution is -2.36. The Morgan fingerprint density at radius 1 is 1.30 bits per heavy atom. The molecule has 3 rings (SSSR count). The fourth-order valence-corrected chi connectivity index (χ4v) is 4.25. The molecule has 1 aromatic rings. The van der Waals surface area contributed by atoms with Crippen molar-refractivity contribution in [3.05, 3.63) is 40.0 Å². The van der Waals surface area contributed by atoms with Crippen LogP contribution in [0.15, 0.2) is 34.5 Å². The van der Waals surface area contributed by atoms with Crippen molar-refractivity contribution in [1.29, 1.82) is 0 Å². The maximum Gasteiger partial charge on any atom is 0.336 e. The number of rotatable bonds is 1. The van der Waals surface area contributed by atoms with Crippen LogP contribution in [0.25, 0.3) is 0 Å². The van der Waals surface area contributed by atoms with Gasteiger partial charge in [0.15, 0.2) is 0 Å². The monoisotopic (exact) mass is 307 g/mol. The predicted octanol–water partition coefficient (Wildman–Crippen LogP) is 1.42. The fraction of sp³-hybridized carbons (Fsp3) is 0.167. The highest BCUT2D eigenvalue weighted by Gasteiger charge is 2.41. The standard InChI is InChI=1S/C12H9N3O3S2/c16-9(7-2-1-3-13-6-7)15-10(17)8(14-12(15)18)11-19-4-5-20-11/h1-3,6H,4-5H2,(H,14,18). The van der Waals surface area contributed by atoms with Gasteiger partial charge in [-0.2, -0.15) is 4.90 Å². The molecule has 2 fully saturated rings. The van der Waals surface area contributed by atoms with Crippen molar-refractivity contribution in [3.63, 3.8) is 0 Å². The van der Waals surface area contributed by atoms with Gasteiger partial charge in [-0.15, -0.1) is 23.5 Å². The van der Waals surface area contributed by atoms with Crippen LogP contribution in [0.2, 0.25) is 0 Å². The van der Waals surface area contributed by atoms with Gasteiger partial charge in [0.25, 0.3) is 11.8 Å². The third kappa shape index (κ3) is 2.20. The number of imide groups is 3. The van der Waals surface area contributed by atoms with Gasteiger partial charge in [0.05, 0.1) is 9.80 Å². The van der Waals surface area contributed by atoms with Crippen LogP contribution in [0.4, 0.5) is 4.79 Å². The first-order chi connectivity index (χ1) is 9.68. The number of thioether (sulfide) groups is 2. The van der Waals surface area contributed by atoms with E-state index in [-0.39, 0.29) is 11.3 Å². The number of urea groups is 1. The second-order valence-electron chi connectivity index (χ2n) is 3.98. The molecule has 0 aromatic carbocycles. The molecule has 0 saturated carbocycles. The van der Waals surface area contributed by atoms with Gasteiger partial charge in [0.1, 0.15) is 5.70 Å². The van der Waals surface area contributed by atoms with E-state index >= 15 is 0 Å². The quantitative estimate of drug-likeness (QED) is 0.480. The van der Waals surface area contributed by atoms with Gasteiger partial charge < -0.3 is 5.32 Å². The molecule has 1 aromatic heterocycles. The smallest absolute Gasteiger partial charge is 0.301 e. The van der Waals surface area contributed by atoms with Gasteiger partial charge in [-0.25, -0.2) is 4.79 Å². The molecule has 0 atom stereocenters. The maximum atomic E-state index is 12.2. The summed E-state index contributed by atoms with van der Waals surface area (Å²) in [7, 11) is 0. The van der Waals surface area contributed by atoms with E-state index < -0.39 is 17.8 Å². The highest BCUT2D eigenvalue weighted by molar-refractivity contribution is 8.25. The fourth-order valence-electron chi connectivity index (χ4n) is 1.82. The van der Waals surface area contributed by atoms with Crippen molar-refractivity contribution in [2.24, 2.45) is 0 Å².